The number of aromatic amines is 1. The minimum atomic E-state index is -0.521. The largest absolute Gasteiger partial charge is 0.349 e. The Balaban J connectivity index is 1.97. The Hall–Kier alpha value is -2.57. The third kappa shape index (κ3) is 2.93. The number of nitro groups is 1. The fourth-order valence-electron chi connectivity index (χ4n) is 2.33. The molecule has 1 amide bonds. The van der Waals surface area contributed by atoms with Crippen LogP contribution in [0.15, 0.2) is 36.4 Å². The summed E-state index contributed by atoms with van der Waals surface area (Å²) in [7, 11) is 0. The van der Waals surface area contributed by atoms with Crippen molar-refractivity contribution in [3.63, 3.8) is 0 Å². The molecule has 2 aromatic carbocycles. The molecular formula is C16H11Cl2N3O3. The zero-order valence-corrected chi connectivity index (χ0v) is 13.9. The van der Waals surface area contributed by atoms with E-state index >= 15 is 0 Å². The summed E-state index contributed by atoms with van der Waals surface area (Å²) in [6, 6.07) is 9.32. The number of hydrogen-bond acceptors (Lipinski definition) is 3. The summed E-state index contributed by atoms with van der Waals surface area (Å²) in [5.41, 5.74) is 1.78. The van der Waals surface area contributed by atoms with E-state index in [1.165, 1.54) is 12.1 Å². The lowest BCUT2D eigenvalue weighted by Crippen LogP contribution is -2.13. The standard InChI is InChI=1S/C16H11Cl2N3O3/c1-8-2-4-10(21(23)24)7-13(8)20-16(22)15-14(18)11-6-9(17)3-5-12(11)19-15/h2-7,19H,1H3,(H,20,22). The number of fused-ring (bicyclic) bond motifs is 1. The van der Waals surface area contributed by atoms with E-state index in [1.54, 1.807) is 31.2 Å². The summed E-state index contributed by atoms with van der Waals surface area (Å²) in [5, 5.41) is 14.9. The lowest BCUT2D eigenvalue weighted by Gasteiger charge is -2.07. The molecule has 1 heterocycles. The average Bonchev–Trinajstić information content (AvgIpc) is 2.86. The molecule has 6 nitrogen and oxygen atoms in total. The molecule has 0 radical (unpaired) electrons. The number of benzene rings is 2. The number of nitrogens with zero attached hydrogens (tertiary/aromatic N) is 1. The number of nitrogens with one attached hydrogen (secondary N) is 2. The van der Waals surface area contributed by atoms with Gasteiger partial charge < -0.3 is 10.3 Å². The topological polar surface area (TPSA) is 88.0 Å². The van der Waals surface area contributed by atoms with Gasteiger partial charge in [-0.1, -0.05) is 29.3 Å². The second-order valence-electron chi connectivity index (χ2n) is 5.21. The van der Waals surface area contributed by atoms with Crippen molar-refractivity contribution < 1.29 is 9.72 Å². The highest BCUT2D eigenvalue weighted by atomic mass is 35.5. The molecule has 3 rings (SSSR count). The molecule has 0 bridgehead atoms. The van der Waals surface area contributed by atoms with Crippen LogP contribution >= 0.6 is 23.2 Å². The minimum absolute atomic E-state index is 0.106. The normalized spacial score (nSPS) is 10.8. The van der Waals surface area contributed by atoms with Crippen LogP contribution in [0.1, 0.15) is 16.1 Å². The number of H-pyrrole nitrogens is 1. The van der Waals surface area contributed by atoms with Crippen molar-refractivity contribution >= 4 is 51.4 Å². The highest BCUT2D eigenvalue weighted by molar-refractivity contribution is 6.40. The van der Waals surface area contributed by atoms with Crippen LogP contribution in [0.2, 0.25) is 10.0 Å². The first kappa shape index (κ1) is 16.3. The van der Waals surface area contributed by atoms with Gasteiger partial charge in [0.15, 0.2) is 0 Å². The number of rotatable bonds is 3. The number of aromatic nitrogens is 1. The molecule has 0 saturated heterocycles. The maximum Gasteiger partial charge on any atom is 0.273 e. The van der Waals surface area contributed by atoms with E-state index in [2.05, 4.69) is 10.3 Å². The molecule has 122 valence electrons. The number of halogens is 2. The molecule has 3 aromatic rings. The molecule has 0 aliphatic carbocycles. The Morgan fingerprint density at radius 2 is 1.96 bits per heavy atom. The van der Waals surface area contributed by atoms with E-state index in [4.69, 9.17) is 23.2 Å². The van der Waals surface area contributed by atoms with Crippen molar-refractivity contribution in [3.05, 3.63) is 67.8 Å². The van der Waals surface area contributed by atoms with Crippen molar-refractivity contribution in [2.45, 2.75) is 6.92 Å². The Kier molecular flexibility index (Phi) is 4.17. The summed E-state index contributed by atoms with van der Waals surface area (Å²) < 4.78 is 0. The average molecular weight is 364 g/mol. The number of anilines is 1. The first-order chi connectivity index (χ1) is 11.4. The zero-order valence-electron chi connectivity index (χ0n) is 12.4. The Morgan fingerprint density at radius 3 is 2.67 bits per heavy atom. The Morgan fingerprint density at radius 1 is 1.21 bits per heavy atom. The monoisotopic (exact) mass is 363 g/mol. The van der Waals surface area contributed by atoms with E-state index in [9.17, 15) is 14.9 Å². The third-order valence-electron chi connectivity index (χ3n) is 3.60. The van der Waals surface area contributed by atoms with Gasteiger partial charge in [-0.15, -0.1) is 0 Å². The molecule has 8 heteroatoms. The predicted octanol–water partition coefficient (Wildman–Crippen LogP) is 4.94. The third-order valence-corrected chi connectivity index (χ3v) is 4.23. The van der Waals surface area contributed by atoms with Crippen molar-refractivity contribution in [1.29, 1.82) is 0 Å². The summed E-state index contributed by atoms with van der Waals surface area (Å²) >= 11 is 12.2. The number of nitro benzene ring substituents is 1. The van der Waals surface area contributed by atoms with Crippen molar-refractivity contribution in [2.75, 3.05) is 5.32 Å². The first-order valence-electron chi connectivity index (χ1n) is 6.90. The van der Waals surface area contributed by atoms with Gasteiger partial charge in [0.1, 0.15) is 5.69 Å². The molecule has 0 aliphatic heterocycles. The van der Waals surface area contributed by atoms with Gasteiger partial charge in [-0.3, -0.25) is 14.9 Å². The lowest BCUT2D eigenvalue weighted by molar-refractivity contribution is -0.384. The van der Waals surface area contributed by atoms with Crippen LogP contribution in [0.5, 0.6) is 0 Å². The quantitative estimate of drug-likeness (QED) is 0.509. The van der Waals surface area contributed by atoms with Crippen LogP contribution in [0.3, 0.4) is 0 Å². The van der Waals surface area contributed by atoms with Gasteiger partial charge in [0.2, 0.25) is 0 Å². The summed E-state index contributed by atoms with van der Waals surface area (Å²) in [6.07, 6.45) is 0. The maximum atomic E-state index is 12.5. The Labute approximate surface area is 146 Å². The SMILES string of the molecule is Cc1ccc([N+](=O)[O-])cc1NC(=O)c1[nH]c2ccc(Cl)cc2c1Cl. The summed E-state index contributed by atoms with van der Waals surface area (Å²) in [4.78, 5) is 25.8. The van der Waals surface area contributed by atoms with Crippen LogP contribution in [0.4, 0.5) is 11.4 Å². The number of hydrogen-bond donors (Lipinski definition) is 2. The van der Waals surface area contributed by atoms with Crippen molar-refractivity contribution in [2.24, 2.45) is 0 Å². The van der Waals surface area contributed by atoms with Gasteiger partial charge >= 0.3 is 0 Å². The van der Waals surface area contributed by atoms with Crippen LogP contribution in [0, 0.1) is 17.0 Å². The summed E-state index contributed by atoms with van der Waals surface area (Å²) in [6.45, 7) is 1.74. The molecule has 0 atom stereocenters. The van der Waals surface area contributed by atoms with E-state index in [0.29, 0.717) is 27.2 Å². The van der Waals surface area contributed by atoms with Crippen molar-refractivity contribution in [3.8, 4) is 0 Å². The molecule has 0 saturated carbocycles. The highest BCUT2D eigenvalue weighted by Crippen LogP contribution is 2.30. The van der Waals surface area contributed by atoms with E-state index in [-0.39, 0.29) is 16.4 Å². The van der Waals surface area contributed by atoms with Crippen molar-refractivity contribution in [1.82, 2.24) is 4.98 Å². The van der Waals surface area contributed by atoms with Gasteiger partial charge in [-0.2, -0.15) is 0 Å². The van der Waals surface area contributed by atoms with Gasteiger partial charge in [0.05, 0.1) is 15.6 Å². The van der Waals surface area contributed by atoms with E-state index in [0.717, 1.165) is 0 Å². The highest BCUT2D eigenvalue weighted by Gasteiger charge is 2.18. The van der Waals surface area contributed by atoms with Crippen LogP contribution in [0.25, 0.3) is 10.9 Å². The number of amides is 1. The molecule has 1 aromatic heterocycles. The molecular weight excluding hydrogens is 353 g/mol. The van der Waals surface area contributed by atoms with Gasteiger partial charge in [0.25, 0.3) is 11.6 Å². The van der Waals surface area contributed by atoms with Gasteiger partial charge in [-0.25, -0.2) is 0 Å². The molecule has 24 heavy (non-hydrogen) atoms. The van der Waals surface area contributed by atoms with Gasteiger partial charge in [-0.05, 0) is 30.7 Å². The fourth-order valence-corrected chi connectivity index (χ4v) is 2.79. The smallest absolute Gasteiger partial charge is 0.273 e. The predicted molar refractivity (Wildman–Crippen MR) is 94.1 cm³/mol. The number of carbonyl (C=O) groups is 1. The number of aryl methyl sites for hydroxylation is 1. The van der Waals surface area contributed by atoms with E-state index in [1.807, 2.05) is 0 Å². The molecule has 0 spiro atoms. The summed E-state index contributed by atoms with van der Waals surface area (Å²) in [5.74, 6) is -0.490. The van der Waals surface area contributed by atoms with Crippen LogP contribution in [-0.2, 0) is 0 Å². The molecule has 0 aliphatic rings. The van der Waals surface area contributed by atoms with E-state index < -0.39 is 10.8 Å². The fraction of sp³-hybridized carbons (Fsp3) is 0.0625. The second kappa shape index (κ2) is 6.14. The van der Waals surface area contributed by atoms with Crippen LogP contribution in [-0.4, -0.2) is 15.8 Å². The first-order valence-corrected chi connectivity index (χ1v) is 7.65. The number of non-ortho nitro benzene ring substituents is 1. The molecule has 0 unspecified atom stereocenters. The molecule has 2 N–H and O–H groups in total. The Bertz CT molecular complexity index is 982. The van der Waals surface area contributed by atoms with Crippen LogP contribution < -0.4 is 5.32 Å². The number of carbonyl (C=O) groups excluding carboxylic acids is 1. The minimum Gasteiger partial charge on any atom is -0.349 e. The maximum absolute atomic E-state index is 12.5. The zero-order chi connectivity index (χ0) is 17.4. The lowest BCUT2D eigenvalue weighted by atomic mass is 10.1. The molecule has 0 fully saturated rings. The second-order valence-corrected chi connectivity index (χ2v) is 6.03. The van der Waals surface area contributed by atoms with Gasteiger partial charge in [0, 0.05) is 28.1 Å².